The summed E-state index contributed by atoms with van der Waals surface area (Å²) in [7, 11) is 0. The molecule has 2 aliphatic rings. The van der Waals surface area contributed by atoms with Crippen molar-refractivity contribution in [1.29, 1.82) is 0 Å². The van der Waals surface area contributed by atoms with Crippen molar-refractivity contribution < 1.29 is 9.15 Å². The highest BCUT2D eigenvalue weighted by molar-refractivity contribution is 6.05. The van der Waals surface area contributed by atoms with Crippen LogP contribution in [0.2, 0.25) is 0 Å². The van der Waals surface area contributed by atoms with Gasteiger partial charge in [0.1, 0.15) is 23.0 Å². The molecule has 0 unspecified atom stereocenters. The molecule has 5 rings (SSSR count). The maximum Gasteiger partial charge on any atom is 0.135 e. The third kappa shape index (κ3) is 2.00. The number of piperidine rings is 1. The fourth-order valence-corrected chi connectivity index (χ4v) is 4.07. The summed E-state index contributed by atoms with van der Waals surface area (Å²) in [6.45, 7) is 0. The number of nitrogens with one attached hydrogen (secondary N) is 1. The Morgan fingerprint density at radius 3 is 2.55 bits per heavy atom. The van der Waals surface area contributed by atoms with E-state index in [4.69, 9.17) is 9.15 Å². The van der Waals surface area contributed by atoms with Crippen molar-refractivity contribution >= 4 is 21.9 Å². The monoisotopic (exact) mass is 293 g/mol. The second-order valence-electron chi connectivity index (χ2n) is 6.61. The van der Waals surface area contributed by atoms with Crippen LogP contribution in [0.25, 0.3) is 21.9 Å². The third-order valence-corrected chi connectivity index (χ3v) is 5.08. The van der Waals surface area contributed by atoms with Crippen molar-refractivity contribution in [3.05, 3.63) is 42.5 Å². The van der Waals surface area contributed by atoms with Crippen molar-refractivity contribution in [2.75, 3.05) is 0 Å². The first-order chi connectivity index (χ1) is 10.8. The molecule has 0 saturated carbocycles. The number of para-hydroxylation sites is 1. The first-order valence-corrected chi connectivity index (χ1v) is 8.19. The second kappa shape index (κ2) is 4.75. The summed E-state index contributed by atoms with van der Waals surface area (Å²) in [5.41, 5.74) is 1.87. The highest BCUT2D eigenvalue weighted by atomic mass is 16.5. The van der Waals surface area contributed by atoms with E-state index in [0.717, 1.165) is 40.5 Å². The minimum atomic E-state index is 0.342. The van der Waals surface area contributed by atoms with Gasteiger partial charge in [0.05, 0.1) is 0 Å². The minimum absolute atomic E-state index is 0.342. The molecule has 3 aromatic rings. The maximum atomic E-state index is 6.28. The van der Waals surface area contributed by atoms with Crippen LogP contribution in [0.1, 0.15) is 25.7 Å². The minimum Gasteiger partial charge on any atom is -0.490 e. The van der Waals surface area contributed by atoms with E-state index < -0.39 is 0 Å². The molecule has 0 amide bonds. The second-order valence-corrected chi connectivity index (χ2v) is 6.61. The molecule has 1 N–H and O–H groups in total. The van der Waals surface area contributed by atoms with E-state index in [1.165, 1.54) is 12.8 Å². The fourth-order valence-electron chi connectivity index (χ4n) is 4.07. The van der Waals surface area contributed by atoms with E-state index in [-0.39, 0.29) is 0 Å². The Hall–Kier alpha value is -2.00. The van der Waals surface area contributed by atoms with Gasteiger partial charge in [-0.3, -0.25) is 0 Å². The van der Waals surface area contributed by atoms with E-state index in [1.807, 2.05) is 24.3 Å². The van der Waals surface area contributed by atoms with E-state index in [9.17, 15) is 0 Å². The lowest BCUT2D eigenvalue weighted by Crippen LogP contribution is -2.42. The van der Waals surface area contributed by atoms with Crippen LogP contribution in [0.4, 0.5) is 0 Å². The van der Waals surface area contributed by atoms with Crippen LogP contribution < -0.4 is 10.1 Å². The summed E-state index contributed by atoms with van der Waals surface area (Å²) in [6.07, 6.45) is 5.20. The lowest BCUT2D eigenvalue weighted by molar-refractivity contribution is 0.137. The predicted molar refractivity (Wildman–Crippen MR) is 87.3 cm³/mol. The number of hydrogen-bond donors (Lipinski definition) is 1. The molecule has 2 bridgehead atoms. The molecule has 3 nitrogen and oxygen atoms in total. The number of fused-ring (bicyclic) bond motifs is 5. The first-order valence-electron chi connectivity index (χ1n) is 8.19. The zero-order valence-electron chi connectivity index (χ0n) is 12.4. The van der Waals surface area contributed by atoms with Gasteiger partial charge in [-0.2, -0.15) is 0 Å². The molecule has 112 valence electrons. The van der Waals surface area contributed by atoms with E-state index in [0.29, 0.717) is 18.2 Å². The van der Waals surface area contributed by atoms with Gasteiger partial charge >= 0.3 is 0 Å². The predicted octanol–water partition coefficient (Wildman–Crippen LogP) is 4.25. The Morgan fingerprint density at radius 1 is 0.909 bits per heavy atom. The maximum absolute atomic E-state index is 6.28. The van der Waals surface area contributed by atoms with Gasteiger partial charge in [-0.1, -0.05) is 18.2 Å². The Kier molecular flexibility index (Phi) is 2.71. The van der Waals surface area contributed by atoms with Gasteiger partial charge in [-0.15, -0.1) is 0 Å². The molecule has 2 aliphatic heterocycles. The summed E-state index contributed by atoms with van der Waals surface area (Å²) in [5, 5.41) is 5.96. The van der Waals surface area contributed by atoms with Crippen LogP contribution in [0, 0.1) is 0 Å². The van der Waals surface area contributed by atoms with Crippen LogP contribution in [-0.2, 0) is 0 Å². The molecule has 22 heavy (non-hydrogen) atoms. The average molecular weight is 293 g/mol. The molecule has 0 aliphatic carbocycles. The number of ether oxygens (including phenoxy) is 1. The summed E-state index contributed by atoms with van der Waals surface area (Å²) in [4.78, 5) is 0. The molecule has 0 spiro atoms. The first kappa shape index (κ1) is 12.5. The van der Waals surface area contributed by atoms with E-state index >= 15 is 0 Å². The highest BCUT2D eigenvalue weighted by Gasteiger charge is 2.34. The lowest BCUT2D eigenvalue weighted by atomic mass is 10.0. The molecular weight excluding hydrogens is 274 g/mol. The summed E-state index contributed by atoms with van der Waals surface area (Å²) >= 11 is 0. The number of hydrogen-bond acceptors (Lipinski definition) is 3. The van der Waals surface area contributed by atoms with Gasteiger partial charge in [0.25, 0.3) is 0 Å². The summed E-state index contributed by atoms with van der Waals surface area (Å²) in [5.74, 6) is 0.963. The normalized spacial score (nSPS) is 27.5. The standard InChI is InChI=1S/C19H19NO2/c1-2-4-18-16(3-1)17-11-14(7-8-19(17)22-18)21-15-9-12-5-6-13(10-15)20-12/h1-4,7-8,11-13,15,20H,5-6,9-10H2/t12-,13+,15-. The summed E-state index contributed by atoms with van der Waals surface area (Å²) < 4.78 is 12.2. The SMILES string of the molecule is c1ccc2c(c1)oc1ccc(O[C@@H]3C[C@H]4CC[C@@H](C3)N4)cc12. The summed E-state index contributed by atoms with van der Waals surface area (Å²) in [6, 6.07) is 15.7. The van der Waals surface area contributed by atoms with Crippen LogP contribution in [0.5, 0.6) is 5.75 Å². The molecule has 3 heterocycles. The van der Waals surface area contributed by atoms with Gasteiger partial charge < -0.3 is 14.5 Å². The van der Waals surface area contributed by atoms with Gasteiger partial charge in [-0.25, -0.2) is 0 Å². The highest BCUT2D eigenvalue weighted by Crippen LogP contribution is 2.33. The molecule has 1 aromatic heterocycles. The van der Waals surface area contributed by atoms with E-state index in [1.54, 1.807) is 0 Å². The zero-order valence-corrected chi connectivity index (χ0v) is 12.4. The van der Waals surface area contributed by atoms with Crippen molar-refractivity contribution in [3.8, 4) is 5.75 Å². The van der Waals surface area contributed by atoms with E-state index in [2.05, 4.69) is 23.5 Å². The number of rotatable bonds is 2. The quantitative estimate of drug-likeness (QED) is 0.767. The Bertz CT molecular complexity index is 826. The molecule has 2 saturated heterocycles. The molecule has 3 atom stereocenters. The van der Waals surface area contributed by atoms with Crippen molar-refractivity contribution in [3.63, 3.8) is 0 Å². The third-order valence-electron chi connectivity index (χ3n) is 5.08. The van der Waals surface area contributed by atoms with Crippen LogP contribution in [0.15, 0.2) is 46.9 Å². The largest absolute Gasteiger partial charge is 0.490 e. The van der Waals surface area contributed by atoms with Gasteiger partial charge in [-0.05, 0) is 49.9 Å². The van der Waals surface area contributed by atoms with Gasteiger partial charge in [0.15, 0.2) is 0 Å². The molecule has 2 aromatic carbocycles. The molecular formula is C19H19NO2. The Morgan fingerprint density at radius 2 is 1.68 bits per heavy atom. The van der Waals surface area contributed by atoms with Crippen molar-refractivity contribution in [2.45, 2.75) is 43.9 Å². The fraction of sp³-hybridized carbons (Fsp3) is 0.368. The zero-order chi connectivity index (χ0) is 14.5. The van der Waals surface area contributed by atoms with Gasteiger partial charge in [0.2, 0.25) is 0 Å². The van der Waals surface area contributed by atoms with Crippen LogP contribution >= 0.6 is 0 Å². The lowest BCUT2D eigenvalue weighted by Gasteiger charge is -2.29. The van der Waals surface area contributed by atoms with Crippen LogP contribution in [-0.4, -0.2) is 18.2 Å². The number of furan rings is 1. The van der Waals surface area contributed by atoms with Crippen molar-refractivity contribution in [1.82, 2.24) is 5.32 Å². The van der Waals surface area contributed by atoms with Crippen molar-refractivity contribution in [2.24, 2.45) is 0 Å². The average Bonchev–Trinajstić information content (AvgIpc) is 3.07. The molecule has 2 fully saturated rings. The van der Waals surface area contributed by atoms with Gasteiger partial charge in [0, 0.05) is 22.9 Å². The molecule has 0 radical (unpaired) electrons. The smallest absolute Gasteiger partial charge is 0.135 e. The van der Waals surface area contributed by atoms with Crippen LogP contribution in [0.3, 0.4) is 0 Å². The number of benzene rings is 2. The topological polar surface area (TPSA) is 34.4 Å². The molecule has 3 heteroatoms. The Labute approximate surface area is 129 Å². The Balaban J connectivity index is 1.48.